The van der Waals surface area contributed by atoms with E-state index >= 15 is 0 Å². The molecule has 0 spiro atoms. The van der Waals surface area contributed by atoms with Gasteiger partial charge >= 0.3 is 0 Å². The van der Waals surface area contributed by atoms with Gasteiger partial charge < -0.3 is 5.73 Å². The third kappa shape index (κ3) is 3.31. The predicted molar refractivity (Wildman–Crippen MR) is 73.7 cm³/mol. The van der Waals surface area contributed by atoms with Crippen LogP contribution in [0.3, 0.4) is 0 Å². The van der Waals surface area contributed by atoms with Crippen LogP contribution in [0, 0.1) is 0 Å². The van der Waals surface area contributed by atoms with E-state index in [2.05, 4.69) is 0 Å². The van der Waals surface area contributed by atoms with Crippen molar-refractivity contribution < 1.29 is 25.9 Å². The molecule has 0 aliphatic carbocycles. The molecule has 0 bridgehead atoms. The van der Waals surface area contributed by atoms with Crippen LogP contribution in [0.15, 0.2) is 40.1 Å². The van der Waals surface area contributed by atoms with Gasteiger partial charge in [-0.25, -0.2) is 0 Å². The summed E-state index contributed by atoms with van der Waals surface area (Å²) in [5, 5.41) is 0.167. The molecule has 2 rings (SSSR count). The van der Waals surface area contributed by atoms with Gasteiger partial charge in [0.15, 0.2) is 0 Å². The fourth-order valence-electron chi connectivity index (χ4n) is 1.74. The van der Waals surface area contributed by atoms with E-state index < -0.39 is 30.0 Å². The summed E-state index contributed by atoms with van der Waals surface area (Å²) in [6, 6.07) is 6.03. The summed E-state index contributed by atoms with van der Waals surface area (Å²) in [6.45, 7) is 0. The SMILES string of the molecule is Nc1cccc2cc(S(=O)(=O)O)cc(S(=O)(=O)O)c12.[Na]. The third-order valence-electron chi connectivity index (χ3n) is 2.52. The molecule has 0 saturated carbocycles. The molecular weight excluding hydrogens is 317 g/mol. The quantitative estimate of drug-likeness (QED) is 0.416. The number of hydrogen-bond donors (Lipinski definition) is 3. The van der Waals surface area contributed by atoms with Crippen LogP contribution in [0.2, 0.25) is 0 Å². The van der Waals surface area contributed by atoms with Gasteiger partial charge in [-0.3, -0.25) is 9.11 Å². The van der Waals surface area contributed by atoms with E-state index in [9.17, 15) is 16.8 Å². The molecule has 0 fully saturated rings. The van der Waals surface area contributed by atoms with Gasteiger partial charge in [0, 0.05) is 40.6 Å². The Morgan fingerprint density at radius 2 is 1.55 bits per heavy atom. The van der Waals surface area contributed by atoms with E-state index in [4.69, 9.17) is 14.8 Å². The zero-order chi connectivity index (χ0) is 14.4. The third-order valence-corrected chi connectivity index (χ3v) is 4.23. The first kappa shape index (κ1) is 17.4. The molecule has 0 heterocycles. The van der Waals surface area contributed by atoms with Crippen molar-refractivity contribution in [3.63, 3.8) is 0 Å². The molecule has 0 amide bonds. The number of rotatable bonds is 2. The maximum Gasteiger partial charge on any atom is 0.295 e. The Morgan fingerprint density at radius 1 is 0.950 bits per heavy atom. The first-order chi connectivity index (χ1) is 8.60. The van der Waals surface area contributed by atoms with Crippen LogP contribution in [0.25, 0.3) is 10.8 Å². The van der Waals surface area contributed by atoms with Crippen molar-refractivity contribution in [1.82, 2.24) is 0 Å². The van der Waals surface area contributed by atoms with Crippen molar-refractivity contribution in [3.05, 3.63) is 30.3 Å². The Kier molecular flexibility index (Phi) is 4.87. The molecule has 20 heavy (non-hydrogen) atoms. The smallest absolute Gasteiger partial charge is 0.295 e. The van der Waals surface area contributed by atoms with Gasteiger partial charge in [0.2, 0.25) is 0 Å². The normalized spacial score (nSPS) is 12.1. The topological polar surface area (TPSA) is 135 Å². The van der Waals surface area contributed by atoms with Crippen molar-refractivity contribution in [1.29, 1.82) is 0 Å². The zero-order valence-electron chi connectivity index (χ0n) is 10.3. The molecule has 4 N–H and O–H groups in total. The molecule has 0 aliphatic rings. The van der Waals surface area contributed by atoms with E-state index in [0.29, 0.717) is 6.07 Å². The maximum absolute atomic E-state index is 11.3. The standard InChI is InChI=1S/C10H9NO6S2.Na/c11-8-3-1-2-6-4-7(18(12,13)14)5-9(10(6)8)19(15,16)17;/h1-5H,11H2,(H,12,13,14)(H,15,16,17);. The average Bonchev–Trinajstić information content (AvgIpc) is 2.25. The molecule has 0 unspecified atom stereocenters. The van der Waals surface area contributed by atoms with E-state index in [1.165, 1.54) is 18.2 Å². The Hall–Kier alpha value is -0.680. The number of hydrogen-bond acceptors (Lipinski definition) is 5. The molecule has 0 saturated heterocycles. The monoisotopic (exact) mass is 326 g/mol. The molecule has 0 atom stereocenters. The van der Waals surface area contributed by atoms with Gasteiger partial charge in [-0.2, -0.15) is 16.8 Å². The summed E-state index contributed by atoms with van der Waals surface area (Å²) in [5.74, 6) is 0. The van der Waals surface area contributed by atoms with Gasteiger partial charge in [0.1, 0.15) is 4.90 Å². The van der Waals surface area contributed by atoms with Crippen molar-refractivity contribution in [3.8, 4) is 0 Å². The summed E-state index contributed by atoms with van der Waals surface area (Å²) in [6.07, 6.45) is 0. The van der Waals surface area contributed by atoms with Crippen molar-refractivity contribution >= 4 is 66.3 Å². The van der Waals surface area contributed by atoms with Crippen LogP contribution in [0.4, 0.5) is 5.69 Å². The minimum absolute atomic E-state index is 0. The van der Waals surface area contributed by atoms with Gasteiger partial charge in [0.25, 0.3) is 20.2 Å². The van der Waals surface area contributed by atoms with Gasteiger partial charge in [-0.05, 0) is 23.6 Å². The minimum atomic E-state index is -4.69. The minimum Gasteiger partial charge on any atom is -0.398 e. The maximum atomic E-state index is 11.3. The van der Waals surface area contributed by atoms with Crippen molar-refractivity contribution in [2.24, 2.45) is 0 Å². The Balaban J connectivity index is 0.00000200. The molecule has 2 aromatic rings. The summed E-state index contributed by atoms with van der Waals surface area (Å²) in [7, 11) is -9.30. The number of nitrogens with two attached hydrogens (primary N) is 1. The van der Waals surface area contributed by atoms with E-state index in [1.54, 1.807) is 0 Å². The van der Waals surface area contributed by atoms with Gasteiger partial charge in [-0.15, -0.1) is 0 Å². The molecule has 7 nitrogen and oxygen atoms in total. The molecule has 1 radical (unpaired) electrons. The summed E-state index contributed by atoms with van der Waals surface area (Å²) < 4.78 is 62.9. The van der Waals surface area contributed by atoms with Gasteiger partial charge in [-0.1, -0.05) is 12.1 Å². The van der Waals surface area contributed by atoms with Crippen LogP contribution in [0.1, 0.15) is 0 Å². The fraction of sp³-hybridized carbons (Fsp3) is 0. The van der Waals surface area contributed by atoms with Crippen LogP contribution >= 0.6 is 0 Å². The first-order valence-electron chi connectivity index (χ1n) is 4.88. The molecular formula is C10H9NNaO6S2. The molecule has 0 aromatic heterocycles. The van der Waals surface area contributed by atoms with Crippen LogP contribution in [0.5, 0.6) is 0 Å². The van der Waals surface area contributed by atoms with E-state index in [1.807, 2.05) is 0 Å². The number of benzene rings is 2. The zero-order valence-corrected chi connectivity index (χ0v) is 13.9. The average molecular weight is 326 g/mol. The fourth-order valence-corrected chi connectivity index (χ4v) is 3.13. The largest absolute Gasteiger partial charge is 0.398 e. The predicted octanol–water partition coefficient (Wildman–Crippen LogP) is 0.535. The number of anilines is 1. The number of fused-ring (bicyclic) bond motifs is 1. The van der Waals surface area contributed by atoms with Crippen molar-refractivity contribution in [2.75, 3.05) is 5.73 Å². The summed E-state index contributed by atoms with van der Waals surface area (Å²) in [4.78, 5) is -1.31. The second kappa shape index (κ2) is 5.60. The second-order valence-corrected chi connectivity index (χ2v) is 6.63. The second-order valence-electron chi connectivity index (χ2n) is 3.82. The molecule has 10 heteroatoms. The molecule has 0 aliphatic heterocycles. The van der Waals surface area contributed by atoms with Crippen molar-refractivity contribution in [2.45, 2.75) is 9.79 Å². The van der Waals surface area contributed by atoms with Crippen LogP contribution in [-0.2, 0) is 20.2 Å². The van der Waals surface area contributed by atoms with Gasteiger partial charge in [0.05, 0.1) is 4.90 Å². The van der Waals surface area contributed by atoms with Crippen LogP contribution in [-0.4, -0.2) is 55.5 Å². The molecule has 2 aromatic carbocycles. The summed E-state index contributed by atoms with van der Waals surface area (Å²) in [5.41, 5.74) is 5.69. The number of nitrogen functional groups attached to an aromatic ring is 1. The summed E-state index contributed by atoms with van der Waals surface area (Å²) >= 11 is 0. The Bertz CT molecular complexity index is 876. The Labute approximate surface area is 137 Å². The first-order valence-corrected chi connectivity index (χ1v) is 7.76. The van der Waals surface area contributed by atoms with Crippen LogP contribution < -0.4 is 5.73 Å². The molecule has 103 valence electrons. The Morgan fingerprint density at radius 3 is 2.05 bits per heavy atom. The van der Waals surface area contributed by atoms with E-state index in [-0.39, 0.29) is 46.0 Å². The van der Waals surface area contributed by atoms with E-state index in [0.717, 1.165) is 6.07 Å².